The van der Waals surface area contributed by atoms with Gasteiger partial charge in [-0.05, 0) is 37.4 Å². The van der Waals surface area contributed by atoms with Crippen LogP contribution in [0.4, 0.5) is 19.6 Å². The minimum absolute atomic E-state index is 0.0581. The quantitative estimate of drug-likeness (QED) is 0.499. The minimum Gasteiger partial charge on any atom is -0.382 e. The summed E-state index contributed by atoms with van der Waals surface area (Å²) >= 11 is 6.68. The van der Waals surface area contributed by atoms with Crippen molar-refractivity contribution in [1.82, 2.24) is 10.3 Å². The van der Waals surface area contributed by atoms with Crippen LogP contribution in [-0.2, 0) is 10.0 Å². The number of hydrogen-bond donors (Lipinski definition) is 3. The topological polar surface area (TPSA) is 83.1 Å². The number of thiazole rings is 1. The zero-order valence-electron chi connectivity index (χ0n) is 16.6. The van der Waals surface area contributed by atoms with Crippen molar-refractivity contribution in [3.63, 3.8) is 0 Å². The smallest absolute Gasteiger partial charge is 0.266 e. The summed E-state index contributed by atoms with van der Waals surface area (Å²) in [6, 6.07) is 2.20. The average Bonchev–Trinajstić information content (AvgIpc) is 3.00. The molecule has 0 fully saturated rings. The van der Waals surface area contributed by atoms with Crippen LogP contribution in [0.25, 0.3) is 0 Å². The number of nitrogens with one attached hydrogen (secondary N) is 3. The molecule has 162 valence electrons. The second-order valence-electron chi connectivity index (χ2n) is 7.80. The van der Waals surface area contributed by atoms with Gasteiger partial charge in [0.15, 0.2) is 10.3 Å². The molecule has 2 rings (SSSR count). The molecule has 0 spiro atoms. The number of nitrogens with zero attached hydrogens (tertiary/aromatic N) is 1. The lowest BCUT2D eigenvalue weighted by molar-refractivity contribution is 0.339. The van der Waals surface area contributed by atoms with Gasteiger partial charge in [-0.25, -0.2) is 17.8 Å². The van der Waals surface area contributed by atoms with E-state index in [4.69, 9.17) is 11.6 Å². The Balaban J connectivity index is 2.12. The molecule has 0 aliphatic heterocycles. The fraction of sp³-hybridized carbons (Fsp3) is 0.500. The molecule has 0 saturated carbocycles. The van der Waals surface area contributed by atoms with Crippen LogP contribution in [0.3, 0.4) is 0 Å². The number of benzene rings is 1. The van der Waals surface area contributed by atoms with Crippen molar-refractivity contribution in [3.05, 3.63) is 34.3 Å². The summed E-state index contributed by atoms with van der Waals surface area (Å²) in [5.41, 5.74) is 0.488. The molecular weight excluding hydrogens is 442 g/mol. The molecule has 0 saturated heterocycles. The molecule has 0 unspecified atom stereocenters. The lowest BCUT2D eigenvalue weighted by Gasteiger charge is -2.23. The van der Waals surface area contributed by atoms with E-state index in [0.717, 1.165) is 31.2 Å². The summed E-state index contributed by atoms with van der Waals surface area (Å²) in [5.74, 6) is -0.975. The van der Waals surface area contributed by atoms with Crippen molar-refractivity contribution < 1.29 is 17.2 Å². The first kappa shape index (κ1) is 23.8. The molecule has 11 heteroatoms. The van der Waals surface area contributed by atoms with Gasteiger partial charge in [0.05, 0.1) is 16.9 Å². The van der Waals surface area contributed by atoms with E-state index in [0.29, 0.717) is 23.6 Å². The molecule has 6 nitrogen and oxygen atoms in total. The van der Waals surface area contributed by atoms with Crippen molar-refractivity contribution in [1.29, 1.82) is 0 Å². The van der Waals surface area contributed by atoms with Crippen molar-refractivity contribution in [2.45, 2.75) is 44.6 Å². The van der Waals surface area contributed by atoms with Gasteiger partial charge < -0.3 is 10.6 Å². The third kappa shape index (κ3) is 7.06. The van der Waals surface area contributed by atoms with Crippen LogP contribution in [0.15, 0.2) is 23.2 Å². The highest BCUT2D eigenvalue weighted by Crippen LogP contribution is 2.30. The highest BCUT2D eigenvalue weighted by Gasteiger charge is 2.23. The van der Waals surface area contributed by atoms with Gasteiger partial charge in [0.1, 0.15) is 10.7 Å². The van der Waals surface area contributed by atoms with E-state index >= 15 is 0 Å². The zero-order valence-corrected chi connectivity index (χ0v) is 19.0. The number of likely N-dealkylation sites (N-methyl/N-ethyl adjacent to an activating group) is 1. The van der Waals surface area contributed by atoms with E-state index in [1.165, 1.54) is 0 Å². The van der Waals surface area contributed by atoms with Gasteiger partial charge >= 0.3 is 0 Å². The van der Waals surface area contributed by atoms with E-state index < -0.39 is 25.9 Å². The predicted octanol–water partition coefficient (Wildman–Crippen LogP) is 4.70. The SMILES string of the molecule is CN[C@@H](CCC(C)(C)C)CNc1cc(F)c(S(=O)(=O)Nc2ncc(F)s2)cc1Cl. The maximum absolute atomic E-state index is 14.5. The number of rotatable bonds is 9. The number of aromatic nitrogens is 1. The molecule has 1 aromatic carbocycles. The fourth-order valence-electron chi connectivity index (χ4n) is 2.53. The van der Waals surface area contributed by atoms with E-state index in [9.17, 15) is 17.2 Å². The molecule has 0 aliphatic rings. The van der Waals surface area contributed by atoms with E-state index in [-0.39, 0.29) is 21.6 Å². The number of hydrogen-bond acceptors (Lipinski definition) is 6. The molecule has 1 atom stereocenters. The summed E-state index contributed by atoms with van der Waals surface area (Å²) in [6.45, 7) is 6.97. The Bertz CT molecular complexity index is 946. The van der Waals surface area contributed by atoms with Crippen LogP contribution in [0.5, 0.6) is 0 Å². The van der Waals surface area contributed by atoms with Crippen molar-refractivity contribution in [2.75, 3.05) is 23.6 Å². The molecular formula is C18H25ClF2N4O2S2. The Morgan fingerprint density at radius 3 is 2.52 bits per heavy atom. The Morgan fingerprint density at radius 2 is 1.97 bits per heavy atom. The van der Waals surface area contributed by atoms with Crippen LogP contribution in [0.1, 0.15) is 33.6 Å². The normalized spacial score (nSPS) is 13.3. The maximum atomic E-state index is 14.5. The van der Waals surface area contributed by atoms with Crippen molar-refractivity contribution in [2.24, 2.45) is 5.41 Å². The molecule has 29 heavy (non-hydrogen) atoms. The third-order valence-corrected chi connectivity index (χ3v) is 6.70. The second kappa shape index (κ2) is 9.55. The third-order valence-electron chi connectivity index (χ3n) is 4.20. The largest absolute Gasteiger partial charge is 0.382 e. The first-order valence-corrected chi connectivity index (χ1v) is 11.6. The summed E-state index contributed by atoms with van der Waals surface area (Å²) in [7, 11) is -2.45. The Hall–Kier alpha value is -1.49. The van der Waals surface area contributed by atoms with Gasteiger partial charge in [-0.1, -0.05) is 43.7 Å². The monoisotopic (exact) mass is 466 g/mol. The summed E-state index contributed by atoms with van der Waals surface area (Å²) in [6.07, 6.45) is 2.78. The van der Waals surface area contributed by atoms with Crippen LogP contribution < -0.4 is 15.4 Å². The van der Waals surface area contributed by atoms with Crippen LogP contribution in [-0.4, -0.2) is 33.0 Å². The van der Waals surface area contributed by atoms with Crippen LogP contribution >= 0.6 is 22.9 Å². The molecule has 0 bridgehead atoms. The number of anilines is 2. The first-order valence-electron chi connectivity index (χ1n) is 8.95. The van der Waals surface area contributed by atoms with Gasteiger partial charge in [0.2, 0.25) is 0 Å². The van der Waals surface area contributed by atoms with Gasteiger partial charge in [-0.2, -0.15) is 4.39 Å². The molecule has 0 radical (unpaired) electrons. The summed E-state index contributed by atoms with van der Waals surface area (Å²) in [5, 5.41) is 5.46. The molecule has 0 amide bonds. The van der Waals surface area contributed by atoms with E-state index in [2.05, 4.69) is 36.4 Å². The Morgan fingerprint density at radius 1 is 1.28 bits per heavy atom. The first-order chi connectivity index (χ1) is 13.4. The molecule has 2 aromatic rings. The lowest BCUT2D eigenvalue weighted by atomic mass is 9.88. The molecule has 3 N–H and O–H groups in total. The molecule has 1 aromatic heterocycles. The van der Waals surface area contributed by atoms with Crippen LogP contribution in [0, 0.1) is 16.4 Å². The van der Waals surface area contributed by atoms with Gasteiger partial charge in [0, 0.05) is 12.6 Å². The highest BCUT2D eigenvalue weighted by atomic mass is 35.5. The van der Waals surface area contributed by atoms with Gasteiger partial charge in [-0.3, -0.25) is 4.72 Å². The van der Waals surface area contributed by atoms with Gasteiger partial charge in [0.25, 0.3) is 10.0 Å². The number of halogens is 3. The second-order valence-corrected chi connectivity index (χ2v) is 10.8. The van der Waals surface area contributed by atoms with Gasteiger partial charge in [-0.15, -0.1) is 0 Å². The molecule has 0 aliphatic carbocycles. The predicted molar refractivity (Wildman–Crippen MR) is 114 cm³/mol. The fourth-order valence-corrected chi connectivity index (χ4v) is 4.70. The van der Waals surface area contributed by atoms with Crippen LogP contribution in [0.2, 0.25) is 5.02 Å². The Labute approximate surface area is 179 Å². The lowest BCUT2D eigenvalue weighted by Crippen LogP contribution is -2.33. The van der Waals surface area contributed by atoms with Crippen molar-refractivity contribution in [3.8, 4) is 0 Å². The van der Waals surface area contributed by atoms with E-state index in [1.807, 2.05) is 11.8 Å². The zero-order chi connectivity index (χ0) is 21.8. The Kier molecular flexibility index (Phi) is 7.83. The average molecular weight is 467 g/mol. The minimum atomic E-state index is -4.30. The van der Waals surface area contributed by atoms with Crippen molar-refractivity contribution >= 4 is 43.8 Å². The summed E-state index contributed by atoms with van der Waals surface area (Å²) < 4.78 is 54.4. The number of sulfonamides is 1. The maximum Gasteiger partial charge on any atom is 0.266 e. The standard InChI is InChI=1S/C18H25ClF2N4O2S2/c1-18(2,3)6-5-11(22-4)9-23-14-8-13(20)15(7-12(14)19)29(26,27)25-17-24-10-16(21)28-17/h7-8,10-11,22-23H,5-6,9H2,1-4H3,(H,24,25)/t11-/m0/s1. The highest BCUT2D eigenvalue weighted by molar-refractivity contribution is 7.93. The summed E-state index contributed by atoms with van der Waals surface area (Å²) in [4.78, 5) is 2.93. The van der Waals surface area contributed by atoms with E-state index in [1.54, 1.807) is 0 Å². The molecule has 1 heterocycles.